The highest BCUT2D eigenvalue weighted by Gasteiger charge is 2.95. The smallest absolute Gasteiger partial charge is 0.460 e. The predicted octanol–water partition coefficient (Wildman–Crippen LogP) is 8.95. The molecule has 2 unspecified atom stereocenters. The Morgan fingerprint density at radius 2 is 1.02 bits per heavy atom. The van der Waals surface area contributed by atoms with E-state index in [0.717, 1.165) is 18.2 Å². The van der Waals surface area contributed by atoms with Crippen molar-refractivity contribution in [3.63, 3.8) is 0 Å². The SMILES string of the molecule is CCC(C)Oc1ccccc1C(CC(F)(F)C(F)(F)C(F)(F)C(F)(F)C(F)(F)C(F)(F)C(F)(F)C(F)(F)F)OC. The maximum Gasteiger partial charge on any atom is 0.460 e. The fourth-order valence-electron chi connectivity index (χ4n) is 3.03. The lowest BCUT2D eigenvalue weighted by Crippen LogP contribution is -2.74. The first-order chi connectivity index (χ1) is 17.6. The summed E-state index contributed by atoms with van der Waals surface area (Å²) in [7, 11) is 0.527. The van der Waals surface area contributed by atoms with Crippen LogP contribution in [-0.2, 0) is 4.74 Å². The van der Waals surface area contributed by atoms with Crippen molar-refractivity contribution in [2.45, 2.75) is 86.5 Å². The van der Waals surface area contributed by atoms with E-state index in [0.29, 0.717) is 7.11 Å². The summed E-state index contributed by atoms with van der Waals surface area (Å²) in [5.74, 6) is -57.1. The summed E-state index contributed by atoms with van der Waals surface area (Å²) < 4.78 is 239. The van der Waals surface area contributed by atoms with Crippen molar-refractivity contribution in [1.29, 1.82) is 0 Å². The highest BCUT2D eigenvalue weighted by atomic mass is 19.4. The van der Waals surface area contributed by atoms with Crippen molar-refractivity contribution in [3.05, 3.63) is 29.8 Å². The summed E-state index contributed by atoms with van der Waals surface area (Å²) in [4.78, 5) is 0. The molecule has 234 valence electrons. The van der Waals surface area contributed by atoms with Crippen LogP contribution in [0.2, 0.25) is 0 Å². The lowest BCUT2D eigenvalue weighted by atomic mass is 9.87. The van der Waals surface area contributed by atoms with E-state index in [1.807, 2.05) is 0 Å². The van der Waals surface area contributed by atoms with Crippen molar-refractivity contribution in [3.8, 4) is 5.75 Å². The van der Waals surface area contributed by atoms with Gasteiger partial charge in [-0.3, -0.25) is 0 Å². The Morgan fingerprint density at radius 3 is 1.43 bits per heavy atom. The van der Waals surface area contributed by atoms with Crippen LogP contribution in [0.15, 0.2) is 24.3 Å². The van der Waals surface area contributed by atoms with Crippen LogP contribution in [0.25, 0.3) is 0 Å². The number of hydrogen-bond acceptors (Lipinski definition) is 2. The lowest BCUT2D eigenvalue weighted by Gasteiger charge is -2.43. The highest BCUT2D eigenvalue weighted by Crippen LogP contribution is 2.64. The zero-order chi connectivity index (χ0) is 32.0. The average molecular weight is 626 g/mol. The van der Waals surface area contributed by atoms with Crippen LogP contribution in [0, 0.1) is 0 Å². The molecule has 2 atom stereocenters. The van der Waals surface area contributed by atoms with Gasteiger partial charge in [0.15, 0.2) is 0 Å². The van der Waals surface area contributed by atoms with E-state index in [1.165, 1.54) is 13.0 Å². The minimum Gasteiger partial charge on any atom is -0.490 e. The van der Waals surface area contributed by atoms with Gasteiger partial charge in [0.05, 0.1) is 12.2 Å². The van der Waals surface area contributed by atoms with Crippen LogP contribution in [-0.4, -0.2) is 60.8 Å². The molecule has 0 aliphatic carbocycles. The number of hydrogen-bond donors (Lipinski definition) is 0. The Labute approximate surface area is 214 Å². The molecule has 0 bridgehead atoms. The van der Waals surface area contributed by atoms with Gasteiger partial charge in [-0.1, -0.05) is 25.1 Å². The predicted molar refractivity (Wildman–Crippen MR) is 102 cm³/mol. The fraction of sp³-hybridized carbons (Fsp3) is 0.714. The molecular weight excluding hydrogens is 607 g/mol. The number of halogens is 17. The van der Waals surface area contributed by atoms with Gasteiger partial charge in [-0.25, -0.2) is 0 Å². The van der Waals surface area contributed by atoms with E-state index < -0.39 is 71.8 Å². The molecule has 0 spiro atoms. The summed E-state index contributed by atoms with van der Waals surface area (Å²) in [6, 6.07) is 4.19. The molecule has 0 fully saturated rings. The Balaban J connectivity index is 3.61. The maximum atomic E-state index is 14.5. The number of rotatable bonds is 13. The molecule has 0 amide bonds. The van der Waals surface area contributed by atoms with Crippen molar-refractivity contribution < 1.29 is 84.1 Å². The van der Waals surface area contributed by atoms with Gasteiger partial charge in [0.2, 0.25) is 0 Å². The van der Waals surface area contributed by atoms with Crippen molar-refractivity contribution in [2.24, 2.45) is 0 Å². The van der Waals surface area contributed by atoms with Gasteiger partial charge in [-0.05, 0) is 19.4 Å². The van der Waals surface area contributed by atoms with E-state index in [4.69, 9.17) is 4.74 Å². The monoisotopic (exact) mass is 626 g/mol. The van der Waals surface area contributed by atoms with Crippen LogP contribution in [0.1, 0.15) is 38.4 Å². The minimum atomic E-state index is -8.67. The third-order valence-electron chi connectivity index (χ3n) is 5.68. The number of alkyl halides is 17. The van der Waals surface area contributed by atoms with Gasteiger partial charge in [-0.2, -0.15) is 74.6 Å². The molecule has 0 heterocycles. The Morgan fingerprint density at radius 1 is 0.625 bits per heavy atom. The second kappa shape index (κ2) is 10.9. The largest absolute Gasteiger partial charge is 0.490 e. The van der Waals surface area contributed by atoms with Crippen molar-refractivity contribution in [1.82, 2.24) is 0 Å². The van der Waals surface area contributed by atoms with Crippen LogP contribution in [0.5, 0.6) is 5.75 Å². The van der Waals surface area contributed by atoms with Crippen LogP contribution >= 0.6 is 0 Å². The summed E-state index contributed by atoms with van der Waals surface area (Å²) in [5.41, 5.74) is -0.586. The molecule has 2 nitrogen and oxygen atoms in total. The zero-order valence-corrected chi connectivity index (χ0v) is 20.1. The zero-order valence-electron chi connectivity index (χ0n) is 20.1. The molecule has 1 rings (SSSR count). The molecule has 40 heavy (non-hydrogen) atoms. The number of para-hydroxylation sites is 1. The molecule has 1 aromatic carbocycles. The standard InChI is InChI=1S/C21H19F17O2/c1-4-10(2)40-12-8-6-5-7-11(12)13(39-3)9-14(22,23)15(24,25)16(26,27)17(28,29)18(30,31)19(32,33)20(34,35)21(36,37)38/h5-8,10,13H,4,9H2,1-3H3. The van der Waals surface area contributed by atoms with Gasteiger partial charge in [0.25, 0.3) is 0 Å². The quantitative estimate of drug-likeness (QED) is 0.204. The third-order valence-corrected chi connectivity index (χ3v) is 5.68. The molecular formula is C21H19F17O2. The van der Waals surface area contributed by atoms with E-state index >= 15 is 0 Å². The molecule has 0 N–H and O–H groups in total. The lowest BCUT2D eigenvalue weighted by molar-refractivity contribution is -0.462. The normalized spacial score (nSPS) is 16.6. The Bertz CT molecular complexity index is 1000. The number of ether oxygens (including phenoxy) is 2. The van der Waals surface area contributed by atoms with Crippen molar-refractivity contribution >= 4 is 0 Å². The van der Waals surface area contributed by atoms with E-state index in [2.05, 4.69) is 4.74 Å². The van der Waals surface area contributed by atoms with Gasteiger partial charge >= 0.3 is 47.6 Å². The maximum absolute atomic E-state index is 14.5. The molecule has 0 saturated heterocycles. The van der Waals surface area contributed by atoms with Gasteiger partial charge in [-0.15, -0.1) is 0 Å². The summed E-state index contributed by atoms with van der Waals surface area (Å²) >= 11 is 0. The first kappa shape index (κ1) is 35.8. The van der Waals surface area contributed by atoms with Crippen molar-refractivity contribution in [2.75, 3.05) is 7.11 Å². The molecule has 1 aromatic rings. The van der Waals surface area contributed by atoms with Gasteiger partial charge < -0.3 is 9.47 Å². The van der Waals surface area contributed by atoms with E-state index in [-0.39, 0.29) is 12.2 Å². The Hall–Kier alpha value is -2.21. The molecule has 0 aromatic heterocycles. The molecule has 0 aliphatic rings. The Kier molecular flexibility index (Phi) is 9.75. The molecule has 0 saturated carbocycles. The summed E-state index contributed by atoms with van der Waals surface area (Å²) in [6.07, 6.45) is -13.4. The number of benzene rings is 1. The second-order valence-corrected chi connectivity index (χ2v) is 8.45. The minimum absolute atomic E-state index is 0.272. The summed E-state index contributed by atoms with van der Waals surface area (Å²) in [5, 5.41) is 0. The third kappa shape index (κ3) is 5.49. The average Bonchev–Trinajstić information content (AvgIpc) is 2.81. The van der Waals surface area contributed by atoms with Crippen LogP contribution in [0.4, 0.5) is 74.6 Å². The molecule has 0 radical (unpaired) electrons. The molecule has 0 aliphatic heterocycles. The number of methoxy groups -OCH3 is 1. The second-order valence-electron chi connectivity index (χ2n) is 8.45. The topological polar surface area (TPSA) is 18.5 Å². The first-order valence-electron chi connectivity index (χ1n) is 10.6. The highest BCUT2D eigenvalue weighted by molar-refractivity contribution is 5.36. The van der Waals surface area contributed by atoms with Gasteiger partial charge in [0.1, 0.15) is 5.75 Å². The molecule has 19 heteroatoms. The summed E-state index contributed by atoms with van der Waals surface area (Å²) in [6.45, 7) is 3.00. The van der Waals surface area contributed by atoms with Crippen LogP contribution in [0.3, 0.4) is 0 Å². The fourth-order valence-corrected chi connectivity index (χ4v) is 3.03. The van der Waals surface area contributed by atoms with E-state index in [9.17, 15) is 74.6 Å². The van der Waals surface area contributed by atoms with E-state index in [1.54, 1.807) is 6.92 Å². The van der Waals surface area contributed by atoms with Gasteiger partial charge in [0, 0.05) is 19.1 Å². The first-order valence-corrected chi connectivity index (χ1v) is 10.6. The van der Waals surface area contributed by atoms with Crippen LogP contribution < -0.4 is 4.74 Å².